The molecule has 1 heterocycles. The number of rotatable bonds is 6. The van der Waals surface area contributed by atoms with E-state index >= 15 is 0 Å². The molecule has 0 spiro atoms. The van der Waals surface area contributed by atoms with E-state index in [0.29, 0.717) is 0 Å². The molecule has 0 saturated heterocycles. The van der Waals surface area contributed by atoms with E-state index in [-0.39, 0.29) is 17.6 Å². The molecule has 3 nitrogen and oxygen atoms in total. The first-order valence-corrected chi connectivity index (χ1v) is 6.68. The van der Waals surface area contributed by atoms with E-state index in [1.807, 2.05) is 6.92 Å². The maximum absolute atomic E-state index is 5.95. The van der Waals surface area contributed by atoms with Crippen LogP contribution < -0.4 is 5.32 Å². The fourth-order valence-electron chi connectivity index (χ4n) is 2.26. The van der Waals surface area contributed by atoms with Crippen molar-refractivity contribution in [2.75, 3.05) is 19.8 Å². The molecule has 1 aliphatic heterocycles. The van der Waals surface area contributed by atoms with E-state index in [0.717, 1.165) is 31.9 Å². The maximum Gasteiger partial charge on any atom is 0.112 e. The van der Waals surface area contributed by atoms with Crippen molar-refractivity contribution in [2.45, 2.75) is 53.2 Å². The normalized spacial score (nSPS) is 19.7. The van der Waals surface area contributed by atoms with Gasteiger partial charge in [0.2, 0.25) is 0 Å². The van der Waals surface area contributed by atoms with Gasteiger partial charge in [-0.2, -0.15) is 0 Å². The first-order chi connectivity index (χ1) is 8.00. The molecule has 0 saturated carbocycles. The topological polar surface area (TPSA) is 30.5 Å². The van der Waals surface area contributed by atoms with Gasteiger partial charge in [0.1, 0.15) is 5.76 Å². The Labute approximate surface area is 106 Å². The van der Waals surface area contributed by atoms with Gasteiger partial charge in [0.15, 0.2) is 0 Å². The Balaban J connectivity index is 2.84. The molecule has 1 aliphatic rings. The highest BCUT2D eigenvalue weighted by atomic mass is 16.5. The Morgan fingerprint density at radius 3 is 2.53 bits per heavy atom. The molecule has 100 valence electrons. The van der Waals surface area contributed by atoms with Crippen molar-refractivity contribution in [2.24, 2.45) is 5.41 Å². The van der Waals surface area contributed by atoms with Crippen molar-refractivity contribution >= 4 is 0 Å². The molecule has 0 aromatic heterocycles. The smallest absolute Gasteiger partial charge is 0.112 e. The Hall–Kier alpha value is -0.540. The van der Waals surface area contributed by atoms with E-state index in [2.05, 4.69) is 39.1 Å². The lowest BCUT2D eigenvalue weighted by atomic mass is 9.83. The van der Waals surface area contributed by atoms with E-state index in [1.54, 1.807) is 0 Å². The summed E-state index contributed by atoms with van der Waals surface area (Å²) < 4.78 is 11.7. The van der Waals surface area contributed by atoms with Crippen LogP contribution in [0.4, 0.5) is 0 Å². The summed E-state index contributed by atoms with van der Waals surface area (Å²) in [6.07, 6.45) is 3.34. The second-order valence-electron chi connectivity index (χ2n) is 5.52. The van der Waals surface area contributed by atoms with Gasteiger partial charge in [0.05, 0.1) is 18.8 Å². The van der Waals surface area contributed by atoms with Gasteiger partial charge in [-0.25, -0.2) is 0 Å². The average Bonchev–Trinajstić information content (AvgIpc) is 2.75. The lowest BCUT2D eigenvalue weighted by Crippen LogP contribution is -2.49. The van der Waals surface area contributed by atoms with E-state index in [4.69, 9.17) is 9.47 Å². The number of nitrogens with one attached hydrogen (secondary N) is 1. The van der Waals surface area contributed by atoms with Crippen molar-refractivity contribution in [3.05, 3.63) is 11.8 Å². The minimum absolute atomic E-state index is 0.0929. The van der Waals surface area contributed by atoms with Gasteiger partial charge in [-0.3, -0.25) is 0 Å². The van der Waals surface area contributed by atoms with Crippen LogP contribution in [-0.4, -0.2) is 31.9 Å². The molecular weight excluding hydrogens is 214 g/mol. The Kier molecular flexibility index (Phi) is 5.47. The van der Waals surface area contributed by atoms with E-state index in [1.165, 1.54) is 0 Å². The minimum Gasteiger partial charge on any atom is -0.496 e. The first kappa shape index (κ1) is 14.5. The zero-order valence-corrected chi connectivity index (χ0v) is 11.9. The molecule has 0 aromatic rings. The molecule has 2 atom stereocenters. The Morgan fingerprint density at radius 1 is 1.41 bits per heavy atom. The zero-order valence-electron chi connectivity index (χ0n) is 11.9. The van der Waals surface area contributed by atoms with Crippen molar-refractivity contribution in [1.29, 1.82) is 0 Å². The third kappa shape index (κ3) is 4.00. The van der Waals surface area contributed by atoms with Crippen molar-refractivity contribution < 1.29 is 9.47 Å². The van der Waals surface area contributed by atoms with Gasteiger partial charge in [0.25, 0.3) is 0 Å². The molecule has 1 rings (SSSR count). The second-order valence-corrected chi connectivity index (χ2v) is 5.52. The molecular formula is C14H27NO2. The quantitative estimate of drug-likeness (QED) is 0.775. The fraction of sp³-hybridized carbons (Fsp3) is 0.857. The predicted molar refractivity (Wildman–Crippen MR) is 71.0 cm³/mol. The second kappa shape index (κ2) is 6.41. The summed E-state index contributed by atoms with van der Waals surface area (Å²) in [5.74, 6) is 1.06. The summed E-state index contributed by atoms with van der Waals surface area (Å²) >= 11 is 0. The van der Waals surface area contributed by atoms with Crippen LogP contribution in [0.5, 0.6) is 0 Å². The van der Waals surface area contributed by atoms with Gasteiger partial charge < -0.3 is 14.8 Å². The van der Waals surface area contributed by atoms with Crippen LogP contribution in [0, 0.1) is 5.41 Å². The summed E-state index contributed by atoms with van der Waals surface area (Å²) in [5.41, 5.74) is 0.0929. The maximum atomic E-state index is 5.95. The van der Waals surface area contributed by atoms with Crippen LogP contribution in [0.25, 0.3) is 0 Å². The predicted octanol–water partition coefficient (Wildman–Crippen LogP) is 2.72. The summed E-state index contributed by atoms with van der Waals surface area (Å²) in [6.45, 7) is 13.3. The van der Waals surface area contributed by atoms with Gasteiger partial charge in [-0.05, 0) is 25.0 Å². The van der Waals surface area contributed by atoms with Crippen molar-refractivity contribution in [3.63, 3.8) is 0 Å². The monoisotopic (exact) mass is 241 g/mol. The standard InChI is InChI=1S/C14H27NO2/c1-6-15-12(11-9-8-10-17-11)13(16-7-2)14(3,4)5/h9,12-13,15H,6-8,10H2,1-5H3. The van der Waals surface area contributed by atoms with E-state index < -0.39 is 0 Å². The number of ether oxygens (including phenoxy) is 2. The molecule has 0 amide bonds. The van der Waals surface area contributed by atoms with Gasteiger partial charge in [-0.1, -0.05) is 27.7 Å². The van der Waals surface area contributed by atoms with Crippen molar-refractivity contribution in [3.8, 4) is 0 Å². The van der Waals surface area contributed by atoms with Gasteiger partial charge >= 0.3 is 0 Å². The van der Waals surface area contributed by atoms with Crippen LogP contribution in [0.2, 0.25) is 0 Å². The van der Waals surface area contributed by atoms with Crippen LogP contribution in [0.1, 0.15) is 41.0 Å². The molecule has 3 heteroatoms. The molecule has 0 radical (unpaired) electrons. The largest absolute Gasteiger partial charge is 0.496 e. The van der Waals surface area contributed by atoms with Crippen molar-refractivity contribution in [1.82, 2.24) is 5.32 Å². The van der Waals surface area contributed by atoms with Gasteiger partial charge in [0, 0.05) is 13.0 Å². The average molecular weight is 241 g/mol. The lowest BCUT2D eigenvalue weighted by molar-refractivity contribution is -0.0374. The SMILES string of the molecule is CCNC(C1=CCCO1)C(OCC)C(C)(C)C. The summed E-state index contributed by atoms with van der Waals surface area (Å²) in [4.78, 5) is 0. The summed E-state index contributed by atoms with van der Waals surface area (Å²) in [6, 6.07) is 0.169. The molecule has 0 bridgehead atoms. The molecule has 0 aromatic carbocycles. The first-order valence-electron chi connectivity index (χ1n) is 6.68. The molecule has 2 unspecified atom stereocenters. The highest BCUT2D eigenvalue weighted by molar-refractivity contribution is 5.11. The molecule has 1 N–H and O–H groups in total. The van der Waals surface area contributed by atoms with Crippen LogP contribution >= 0.6 is 0 Å². The van der Waals surface area contributed by atoms with Crippen LogP contribution in [0.15, 0.2) is 11.8 Å². The molecule has 0 fully saturated rings. The molecule has 0 aliphatic carbocycles. The zero-order chi connectivity index (χ0) is 12.9. The number of hydrogen-bond donors (Lipinski definition) is 1. The third-order valence-electron chi connectivity index (χ3n) is 2.97. The summed E-state index contributed by atoms with van der Waals surface area (Å²) in [5, 5.41) is 3.50. The molecule has 17 heavy (non-hydrogen) atoms. The highest BCUT2D eigenvalue weighted by Crippen LogP contribution is 2.30. The number of hydrogen-bond acceptors (Lipinski definition) is 3. The van der Waals surface area contributed by atoms with Crippen LogP contribution in [0.3, 0.4) is 0 Å². The highest BCUT2D eigenvalue weighted by Gasteiger charge is 2.36. The lowest BCUT2D eigenvalue weighted by Gasteiger charge is -2.37. The third-order valence-corrected chi connectivity index (χ3v) is 2.97. The fourth-order valence-corrected chi connectivity index (χ4v) is 2.26. The minimum atomic E-state index is 0.0929. The number of likely N-dealkylation sites (N-methyl/N-ethyl adjacent to an activating group) is 1. The Morgan fingerprint density at radius 2 is 2.12 bits per heavy atom. The van der Waals surface area contributed by atoms with Crippen LogP contribution in [-0.2, 0) is 9.47 Å². The Bertz CT molecular complexity index is 255. The van der Waals surface area contributed by atoms with Gasteiger partial charge in [-0.15, -0.1) is 0 Å². The summed E-state index contributed by atoms with van der Waals surface area (Å²) in [7, 11) is 0. The van der Waals surface area contributed by atoms with E-state index in [9.17, 15) is 0 Å².